The number of aromatic nitrogens is 1. The van der Waals surface area contributed by atoms with Crippen LogP contribution in [-0.4, -0.2) is 76.1 Å². The van der Waals surface area contributed by atoms with Gasteiger partial charge >= 0.3 is 0 Å². The normalized spacial score (nSPS) is 17.7. The molecule has 0 radical (unpaired) electrons. The van der Waals surface area contributed by atoms with Crippen molar-refractivity contribution in [2.24, 2.45) is 0 Å². The quantitative estimate of drug-likeness (QED) is 0.663. The molecule has 1 amide bonds. The Labute approximate surface area is 181 Å². The fourth-order valence-corrected chi connectivity index (χ4v) is 3.87. The Morgan fingerprint density at radius 2 is 2.06 bits per heavy atom. The summed E-state index contributed by atoms with van der Waals surface area (Å²) in [6, 6.07) is 7.66. The Hall–Kier alpha value is -3.20. The molecule has 0 bridgehead atoms. The molecule has 9 heteroatoms. The Morgan fingerprint density at radius 1 is 1.19 bits per heavy atom. The third-order valence-corrected chi connectivity index (χ3v) is 5.39. The second-order valence-corrected chi connectivity index (χ2v) is 7.34. The largest absolute Gasteiger partial charge is 0.491 e. The average molecular weight is 429 g/mol. The Kier molecular flexibility index (Phi) is 6.31. The number of hydrogen-bond acceptors (Lipinski definition) is 8. The highest BCUT2D eigenvalue weighted by atomic mass is 16.5. The van der Waals surface area contributed by atoms with Crippen LogP contribution in [0.1, 0.15) is 6.42 Å². The van der Waals surface area contributed by atoms with E-state index in [2.05, 4.69) is 9.88 Å². The number of rotatable bonds is 7. The van der Waals surface area contributed by atoms with E-state index in [4.69, 9.17) is 23.7 Å². The van der Waals surface area contributed by atoms with Gasteiger partial charge in [0, 0.05) is 32.2 Å². The molecule has 1 aromatic carbocycles. The number of amides is 1. The molecule has 2 aliphatic heterocycles. The van der Waals surface area contributed by atoms with E-state index < -0.39 is 0 Å². The van der Waals surface area contributed by atoms with Crippen LogP contribution in [0.3, 0.4) is 0 Å². The number of ether oxygens (including phenoxy) is 5. The van der Waals surface area contributed by atoms with E-state index in [0.29, 0.717) is 37.9 Å². The minimum atomic E-state index is -0.0560. The molecule has 9 nitrogen and oxygen atoms in total. The van der Waals surface area contributed by atoms with Crippen LogP contribution in [0, 0.1) is 0 Å². The molecular formula is C22H27N3O6. The zero-order valence-corrected chi connectivity index (χ0v) is 18.0. The first kappa shape index (κ1) is 21.0. The van der Waals surface area contributed by atoms with Gasteiger partial charge in [-0.2, -0.15) is 0 Å². The van der Waals surface area contributed by atoms with Gasteiger partial charge in [-0.3, -0.25) is 4.79 Å². The third kappa shape index (κ3) is 4.46. The predicted octanol–water partition coefficient (Wildman–Crippen LogP) is 2.26. The summed E-state index contributed by atoms with van der Waals surface area (Å²) in [4.78, 5) is 20.3. The summed E-state index contributed by atoms with van der Waals surface area (Å²) in [7, 11) is 4.67. The van der Waals surface area contributed by atoms with E-state index in [-0.39, 0.29) is 18.6 Å². The van der Waals surface area contributed by atoms with E-state index in [1.807, 2.05) is 24.3 Å². The van der Waals surface area contributed by atoms with Crippen molar-refractivity contribution in [3.8, 4) is 23.1 Å². The van der Waals surface area contributed by atoms with Gasteiger partial charge in [0.2, 0.25) is 5.91 Å². The number of carbonyl (C=O) groups excluding carboxylic acids is 1. The van der Waals surface area contributed by atoms with Gasteiger partial charge in [0.25, 0.3) is 5.88 Å². The molecule has 3 heterocycles. The molecule has 2 aliphatic rings. The molecule has 1 atom stereocenters. The lowest BCUT2D eigenvalue weighted by Crippen LogP contribution is -2.33. The molecule has 0 saturated carbocycles. The van der Waals surface area contributed by atoms with Crippen LogP contribution in [0.4, 0.5) is 11.4 Å². The van der Waals surface area contributed by atoms with Gasteiger partial charge in [-0.1, -0.05) is 0 Å². The van der Waals surface area contributed by atoms with Crippen molar-refractivity contribution in [3.05, 3.63) is 30.5 Å². The number of nitrogens with zero attached hydrogens (tertiary/aromatic N) is 3. The summed E-state index contributed by atoms with van der Waals surface area (Å²) in [5.41, 5.74) is 1.76. The van der Waals surface area contributed by atoms with Crippen molar-refractivity contribution in [3.63, 3.8) is 0 Å². The number of benzene rings is 1. The molecule has 4 rings (SSSR count). The minimum Gasteiger partial charge on any atom is -0.491 e. The Bertz CT molecular complexity index is 937. The zero-order chi connectivity index (χ0) is 21.8. The smallest absolute Gasteiger partial charge is 0.256 e. The molecule has 0 spiro atoms. The van der Waals surface area contributed by atoms with E-state index in [0.717, 1.165) is 29.3 Å². The molecule has 0 N–H and O–H groups in total. The predicted molar refractivity (Wildman–Crippen MR) is 114 cm³/mol. The van der Waals surface area contributed by atoms with Crippen LogP contribution in [0.25, 0.3) is 0 Å². The first-order valence-electron chi connectivity index (χ1n) is 10.2. The molecule has 166 valence electrons. The summed E-state index contributed by atoms with van der Waals surface area (Å²) < 4.78 is 27.6. The van der Waals surface area contributed by atoms with Crippen LogP contribution >= 0.6 is 0 Å². The lowest BCUT2D eigenvalue weighted by atomic mass is 10.2. The van der Waals surface area contributed by atoms with Crippen molar-refractivity contribution in [2.75, 3.05) is 59.1 Å². The van der Waals surface area contributed by atoms with Gasteiger partial charge in [0.05, 0.1) is 44.9 Å². The highest BCUT2D eigenvalue weighted by Crippen LogP contribution is 2.41. The number of hydrogen-bond donors (Lipinski definition) is 0. The molecule has 1 aromatic heterocycles. The van der Waals surface area contributed by atoms with Gasteiger partial charge in [-0.25, -0.2) is 4.98 Å². The standard InChI is InChI=1S/C22H27N3O6/c1-27-14-21(26)24-7-6-17(13-24)31-16-4-5-19-18(11-16)25(8-9-30-19)15-10-20(28-2)22(29-3)23-12-15/h4-5,10-12,17H,6-9,13-14H2,1-3H3. The number of pyridine rings is 1. The maximum Gasteiger partial charge on any atom is 0.256 e. The fourth-order valence-electron chi connectivity index (χ4n) is 3.87. The van der Waals surface area contributed by atoms with Gasteiger partial charge in [-0.05, 0) is 12.1 Å². The second kappa shape index (κ2) is 9.30. The Balaban J connectivity index is 1.53. The summed E-state index contributed by atoms with van der Waals surface area (Å²) in [6.45, 7) is 2.54. The SMILES string of the molecule is COCC(=O)N1CCC(Oc2ccc3c(c2)N(c2cnc(OC)c(OC)c2)CCO3)C1. The first-order chi connectivity index (χ1) is 15.1. The topological polar surface area (TPSA) is 82.6 Å². The average Bonchev–Trinajstić information content (AvgIpc) is 3.27. The molecule has 1 saturated heterocycles. The molecule has 0 aliphatic carbocycles. The van der Waals surface area contributed by atoms with Crippen molar-refractivity contribution >= 4 is 17.3 Å². The summed E-state index contributed by atoms with van der Waals surface area (Å²) >= 11 is 0. The van der Waals surface area contributed by atoms with Crippen LogP contribution in [0.5, 0.6) is 23.1 Å². The van der Waals surface area contributed by atoms with Crippen molar-refractivity contribution in [1.29, 1.82) is 0 Å². The maximum absolute atomic E-state index is 12.0. The number of fused-ring (bicyclic) bond motifs is 1. The molecule has 2 aromatic rings. The first-order valence-corrected chi connectivity index (χ1v) is 10.2. The third-order valence-electron chi connectivity index (χ3n) is 5.39. The molecular weight excluding hydrogens is 402 g/mol. The number of methoxy groups -OCH3 is 3. The van der Waals surface area contributed by atoms with Crippen molar-refractivity contribution < 1.29 is 28.5 Å². The number of carbonyl (C=O) groups is 1. The number of likely N-dealkylation sites (tertiary alicyclic amines) is 1. The molecule has 31 heavy (non-hydrogen) atoms. The van der Waals surface area contributed by atoms with Crippen LogP contribution in [0.15, 0.2) is 30.5 Å². The van der Waals surface area contributed by atoms with E-state index in [9.17, 15) is 4.79 Å². The van der Waals surface area contributed by atoms with E-state index >= 15 is 0 Å². The lowest BCUT2D eigenvalue weighted by molar-refractivity contribution is -0.134. The van der Waals surface area contributed by atoms with Gasteiger partial charge in [0.15, 0.2) is 5.75 Å². The van der Waals surface area contributed by atoms with E-state index in [1.54, 1.807) is 25.3 Å². The number of anilines is 2. The van der Waals surface area contributed by atoms with Gasteiger partial charge in [-0.15, -0.1) is 0 Å². The van der Waals surface area contributed by atoms with E-state index in [1.165, 1.54) is 7.11 Å². The van der Waals surface area contributed by atoms with Crippen molar-refractivity contribution in [2.45, 2.75) is 12.5 Å². The van der Waals surface area contributed by atoms with Crippen molar-refractivity contribution in [1.82, 2.24) is 9.88 Å². The monoisotopic (exact) mass is 429 g/mol. The molecule has 1 unspecified atom stereocenters. The summed E-state index contributed by atoms with van der Waals surface area (Å²) in [6.07, 6.45) is 2.48. The van der Waals surface area contributed by atoms with Crippen LogP contribution in [-0.2, 0) is 9.53 Å². The Morgan fingerprint density at radius 3 is 2.84 bits per heavy atom. The maximum atomic E-state index is 12.0. The van der Waals surface area contributed by atoms with Gasteiger partial charge < -0.3 is 33.5 Å². The van der Waals surface area contributed by atoms with Crippen LogP contribution < -0.4 is 23.8 Å². The zero-order valence-electron chi connectivity index (χ0n) is 18.0. The fraction of sp³-hybridized carbons (Fsp3) is 0.455. The van der Waals surface area contributed by atoms with Crippen LogP contribution in [0.2, 0.25) is 0 Å². The lowest BCUT2D eigenvalue weighted by Gasteiger charge is -2.31. The van der Waals surface area contributed by atoms with Gasteiger partial charge in [0.1, 0.15) is 30.8 Å². The second-order valence-electron chi connectivity index (χ2n) is 7.34. The summed E-state index contributed by atoms with van der Waals surface area (Å²) in [5, 5.41) is 0. The summed E-state index contributed by atoms with van der Waals surface area (Å²) in [5.74, 6) is 2.49. The highest BCUT2D eigenvalue weighted by Gasteiger charge is 2.28. The minimum absolute atomic E-state index is 0.0143. The molecule has 1 fully saturated rings. The highest BCUT2D eigenvalue weighted by molar-refractivity contribution is 5.77.